The van der Waals surface area contributed by atoms with Crippen molar-refractivity contribution in [1.29, 1.82) is 0 Å². The van der Waals surface area contributed by atoms with Crippen LogP contribution in [-0.2, 0) is 4.79 Å². The fourth-order valence-electron chi connectivity index (χ4n) is 2.79. The number of quaternary nitrogens is 1. The summed E-state index contributed by atoms with van der Waals surface area (Å²) in [4.78, 5) is 12.7. The van der Waals surface area contributed by atoms with Crippen molar-refractivity contribution in [3.8, 4) is 0 Å². The van der Waals surface area contributed by atoms with Crippen molar-refractivity contribution in [2.24, 2.45) is 0 Å². The van der Waals surface area contributed by atoms with E-state index in [-0.39, 0.29) is 18.0 Å². The first-order valence-electron chi connectivity index (χ1n) is 8.20. The molecular weight excluding hydrogens is 343 g/mol. The smallest absolute Gasteiger partial charge is 0.283 e. The molecule has 1 aliphatic rings. The number of nitrogens with one attached hydrogen (secondary N) is 1. The highest BCUT2D eigenvalue weighted by atomic mass is 35.5. The lowest BCUT2D eigenvalue weighted by molar-refractivity contribution is -0.719. The quantitative estimate of drug-likeness (QED) is 0.808. The Morgan fingerprint density at radius 3 is 2.50 bits per heavy atom. The zero-order chi connectivity index (χ0) is 17.1. The van der Waals surface area contributed by atoms with Crippen molar-refractivity contribution in [1.82, 2.24) is 5.32 Å². The molecule has 0 bridgehead atoms. The molecule has 0 unspecified atom stereocenters. The Balaban J connectivity index is 1.81. The van der Waals surface area contributed by atoms with Gasteiger partial charge in [0, 0.05) is 22.2 Å². The molecule has 0 radical (unpaired) electrons. The highest BCUT2D eigenvalue weighted by Gasteiger charge is 2.32. The van der Waals surface area contributed by atoms with Gasteiger partial charge in [-0.25, -0.2) is 0 Å². The van der Waals surface area contributed by atoms with Crippen LogP contribution in [0.15, 0.2) is 48.5 Å². The third-order valence-electron chi connectivity index (χ3n) is 4.30. The van der Waals surface area contributed by atoms with Crippen molar-refractivity contribution in [2.75, 3.05) is 0 Å². The summed E-state index contributed by atoms with van der Waals surface area (Å²) in [5, 5.41) is 6.41. The number of halogens is 2. The lowest BCUT2D eigenvalue weighted by Crippen LogP contribution is -2.88. The number of rotatable bonds is 6. The summed E-state index contributed by atoms with van der Waals surface area (Å²) in [6, 6.07) is 15.4. The van der Waals surface area contributed by atoms with Gasteiger partial charge in [-0.2, -0.15) is 0 Å². The summed E-state index contributed by atoms with van der Waals surface area (Å²) in [6.45, 7) is 2.05. The van der Waals surface area contributed by atoms with E-state index in [1.165, 1.54) is 0 Å². The Morgan fingerprint density at radius 1 is 1.17 bits per heavy atom. The SMILES string of the molecule is C[C@H]([NH2+][C@H](C(=O)NC1CC1)c1ccccc1)c1ccc(Cl)cc1Cl. The van der Waals surface area contributed by atoms with Crippen LogP contribution in [0.5, 0.6) is 0 Å². The van der Waals surface area contributed by atoms with E-state index in [1.807, 2.05) is 42.5 Å². The Hall–Kier alpha value is -1.55. The summed E-state index contributed by atoms with van der Waals surface area (Å²) < 4.78 is 0. The molecule has 2 atom stereocenters. The monoisotopic (exact) mass is 363 g/mol. The van der Waals surface area contributed by atoms with Crippen LogP contribution in [-0.4, -0.2) is 11.9 Å². The minimum absolute atomic E-state index is 0.0323. The van der Waals surface area contributed by atoms with E-state index < -0.39 is 0 Å². The number of carbonyl (C=O) groups excluding carboxylic acids is 1. The Bertz CT molecular complexity index is 717. The summed E-state index contributed by atoms with van der Waals surface area (Å²) in [5.41, 5.74) is 1.97. The van der Waals surface area contributed by atoms with Gasteiger partial charge in [-0.1, -0.05) is 59.6 Å². The van der Waals surface area contributed by atoms with Gasteiger partial charge < -0.3 is 10.6 Å². The summed E-state index contributed by atoms with van der Waals surface area (Å²) in [7, 11) is 0. The number of amides is 1. The zero-order valence-corrected chi connectivity index (χ0v) is 15.0. The molecule has 126 valence electrons. The molecule has 0 aromatic heterocycles. The van der Waals surface area contributed by atoms with Gasteiger partial charge in [0.05, 0.1) is 5.02 Å². The van der Waals surface area contributed by atoms with Crippen LogP contribution in [0.1, 0.15) is 43.0 Å². The molecule has 5 heteroatoms. The van der Waals surface area contributed by atoms with Crippen LogP contribution in [0.4, 0.5) is 0 Å². The van der Waals surface area contributed by atoms with Crippen LogP contribution < -0.4 is 10.6 Å². The molecule has 1 saturated carbocycles. The van der Waals surface area contributed by atoms with E-state index in [1.54, 1.807) is 6.07 Å². The fraction of sp³-hybridized carbons (Fsp3) is 0.316. The molecular formula is C19H21Cl2N2O+. The van der Waals surface area contributed by atoms with E-state index in [9.17, 15) is 4.79 Å². The maximum atomic E-state index is 12.7. The molecule has 1 amide bonds. The van der Waals surface area contributed by atoms with Crippen LogP contribution in [0.2, 0.25) is 10.0 Å². The van der Waals surface area contributed by atoms with Gasteiger partial charge in [-0.05, 0) is 31.9 Å². The van der Waals surface area contributed by atoms with E-state index in [2.05, 4.69) is 17.6 Å². The van der Waals surface area contributed by atoms with E-state index in [0.717, 1.165) is 24.0 Å². The van der Waals surface area contributed by atoms with Crippen molar-refractivity contribution >= 4 is 29.1 Å². The topological polar surface area (TPSA) is 45.7 Å². The van der Waals surface area contributed by atoms with Crippen molar-refractivity contribution in [3.63, 3.8) is 0 Å². The predicted molar refractivity (Wildman–Crippen MR) is 97.2 cm³/mol. The van der Waals surface area contributed by atoms with E-state index in [4.69, 9.17) is 23.2 Å². The third kappa shape index (κ3) is 4.29. The molecule has 1 aliphatic carbocycles. The maximum Gasteiger partial charge on any atom is 0.283 e. The maximum absolute atomic E-state index is 12.7. The summed E-state index contributed by atoms with van der Waals surface area (Å²) in [5.74, 6) is 0.0561. The Morgan fingerprint density at radius 2 is 1.88 bits per heavy atom. The molecule has 24 heavy (non-hydrogen) atoms. The van der Waals surface area contributed by atoms with E-state index in [0.29, 0.717) is 16.1 Å². The summed E-state index contributed by atoms with van der Waals surface area (Å²) >= 11 is 12.3. The molecule has 0 aliphatic heterocycles. The number of nitrogens with two attached hydrogens (primary N) is 1. The van der Waals surface area contributed by atoms with Gasteiger partial charge in [0.1, 0.15) is 6.04 Å². The molecule has 0 saturated heterocycles. The second kappa shape index (κ2) is 7.56. The van der Waals surface area contributed by atoms with Gasteiger partial charge >= 0.3 is 0 Å². The lowest BCUT2D eigenvalue weighted by Gasteiger charge is -2.21. The van der Waals surface area contributed by atoms with Gasteiger partial charge in [0.15, 0.2) is 6.04 Å². The molecule has 2 aromatic carbocycles. The average molecular weight is 364 g/mol. The first-order chi connectivity index (χ1) is 11.5. The second-order valence-corrected chi connectivity index (χ2v) is 7.16. The highest BCUT2D eigenvalue weighted by molar-refractivity contribution is 6.35. The van der Waals surface area contributed by atoms with Crippen molar-refractivity contribution in [2.45, 2.75) is 37.9 Å². The van der Waals surface area contributed by atoms with Gasteiger partial charge in [-0.15, -0.1) is 0 Å². The fourth-order valence-corrected chi connectivity index (χ4v) is 3.37. The predicted octanol–water partition coefficient (Wildman–Crippen LogP) is 3.64. The van der Waals surface area contributed by atoms with Crippen LogP contribution in [0, 0.1) is 0 Å². The third-order valence-corrected chi connectivity index (χ3v) is 4.86. The average Bonchev–Trinajstić information content (AvgIpc) is 3.37. The number of benzene rings is 2. The Kier molecular flexibility index (Phi) is 5.44. The standard InChI is InChI=1S/C19H20Cl2N2O/c1-12(16-10-7-14(20)11-17(16)21)22-18(13-5-3-2-4-6-13)19(24)23-15-8-9-15/h2-7,10-12,15,18,22H,8-9H2,1H3,(H,23,24)/p+1/t12-,18-/m0/s1. The molecule has 3 nitrogen and oxygen atoms in total. The molecule has 3 rings (SSSR count). The lowest BCUT2D eigenvalue weighted by atomic mass is 10.0. The molecule has 3 N–H and O–H groups in total. The first kappa shape index (κ1) is 17.3. The van der Waals surface area contributed by atoms with E-state index >= 15 is 0 Å². The number of carbonyl (C=O) groups is 1. The van der Waals surface area contributed by atoms with Crippen LogP contribution in [0.25, 0.3) is 0 Å². The second-order valence-electron chi connectivity index (χ2n) is 6.32. The first-order valence-corrected chi connectivity index (χ1v) is 8.95. The zero-order valence-electron chi connectivity index (χ0n) is 13.5. The van der Waals surface area contributed by atoms with Crippen LogP contribution >= 0.6 is 23.2 Å². The Labute approximate surface area is 152 Å². The van der Waals surface area contributed by atoms with Gasteiger partial charge in [0.25, 0.3) is 5.91 Å². The molecule has 0 heterocycles. The number of hydrogen-bond acceptors (Lipinski definition) is 1. The van der Waals surface area contributed by atoms with Gasteiger partial charge in [-0.3, -0.25) is 4.79 Å². The molecule has 1 fully saturated rings. The van der Waals surface area contributed by atoms with Crippen LogP contribution in [0.3, 0.4) is 0 Å². The summed E-state index contributed by atoms with van der Waals surface area (Å²) in [6.07, 6.45) is 2.15. The minimum Gasteiger partial charge on any atom is -0.348 e. The van der Waals surface area contributed by atoms with Gasteiger partial charge in [0.2, 0.25) is 0 Å². The van der Waals surface area contributed by atoms with Crippen molar-refractivity contribution < 1.29 is 10.1 Å². The normalized spacial score (nSPS) is 16.5. The van der Waals surface area contributed by atoms with Crippen molar-refractivity contribution in [3.05, 3.63) is 69.7 Å². The molecule has 0 spiro atoms. The number of hydrogen-bond donors (Lipinski definition) is 2. The molecule has 2 aromatic rings. The largest absolute Gasteiger partial charge is 0.348 e. The minimum atomic E-state index is -0.298. The highest BCUT2D eigenvalue weighted by Crippen LogP contribution is 2.25.